The highest BCUT2D eigenvalue weighted by molar-refractivity contribution is 5.71. The van der Waals surface area contributed by atoms with Crippen molar-refractivity contribution in [3.05, 3.63) is 53.7 Å². The van der Waals surface area contributed by atoms with Gasteiger partial charge in [0.15, 0.2) is 0 Å². The van der Waals surface area contributed by atoms with Crippen LogP contribution in [0.5, 0.6) is 0 Å². The molecule has 1 N–H and O–H groups in total. The number of hydrogen-bond donors (Lipinski definition) is 1. The Hall–Kier alpha value is -2.16. The second-order valence-electron chi connectivity index (χ2n) is 4.95. The van der Waals surface area contributed by atoms with Crippen molar-refractivity contribution in [1.82, 2.24) is 4.98 Å². The Labute approximate surface area is 111 Å². The van der Waals surface area contributed by atoms with E-state index in [1.807, 2.05) is 36.4 Å². The lowest BCUT2D eigenvalue weighted by Gasteiger charge is -2.21. The molecule has 3 nitrogen and oxygen atoms in total. The van der Waals surface area contributed by atoms with E-state index in [4.69, 9.17) is 5.11 Å². The fourth-order valence-corrected chi connectivity index (χ4v) is 2.58. The zero-order chi connectivity index (χ0) is 13.2. The lowest BCUT2D eigenvalue weighted by Crippen LogP contribution is -2.23. The van der Waals surface area contributed by atoms with Gasteiger partial charge in [0.2, 0.25) is 0 Å². The molecule has 1 atom stereocenters. The van der Waals surface area contributed by atoms with Crippen LogP contribution in [0.2, 0.25) is 0 Å². The quantitative estimate of drug-likeness (QED) is 0.895. The monoisotopic (exact) mass is 253 g/mol. The first kappa shape index (κ1) is 11.9. The van der Waals surface area contributed by atoms with Crippen molar-refractivity contribution in [3.8, 4) is 11.3 Å². The summed E-state index contributed by atoms with van der Waals surface area (Å²) in [6.45, 7) is 0. The van der Waals surface area contributed by atoms with E-state index in [1.165, 1.54) is 5.56 Å². The summed E-state index contributed by atoms with van der Waals surface area (Å²) in [5, 5.41) is 9.12. The fraction of sp³-hybridized carbons (Fsp3) is 0.250. The number of carboxylic acid groups (broad SMARTS) is 1. The third-order valence-corrected chi connectivity index (χ3v) is 3.69. The Morgan fingerprint density at radius 1 is 1.16 bits per heavy atom. The Bertz CT molecular complexity index is 607. The number of hydrogen-bond acceptors (Lipinski definition) is 2. The highest BCUT2D eigenvalue weighted by atomic mass is 16.4. The van der Waals surface area contributed by atoms with E-state index >= 15 is 0 Å². The molecule has 2 aromatic rings. The first-order valence-electron chi connectivity index (χ1n) is 6.51. The Morgan fingerprint density at radius 3 is 2.68 bits per heavy atom. The number of carbonyl (C=O) groups is 1. The number of rotatable bonds is 2. The number of benzene rings is 1. The molecule has 0 aliphatic heterocycles. The van der Waals surface area contributed by atoms with Crippen LogP contribution in [0.3, 0.4) is 0 Å². The van der Waals surface area contributed by atoms with Gasteiger partial charge in [-0.1, -0.05) is 36.4 Å². The number of aryl methyl sites for hydroxylation is 1. The Morgan fingerprint density at radius 2 is 1.95 bits per heavy atom. The topological polar surface area (TPSA) is 50.2 Å². The molecule has 1 aliphatic carbocycles. The highest BCUT2D eigenvalue weighted by Gasteiger charge is 2.25. The van der Waals surface area contributed by atoms with E-state index in [0.717, 1.165) is 23.4 Å². The second kappa shape index (κ2) is 4.84. The molecule has 1 heterocycles. The van der Waals surface area contributed by atoms with Crippen LogP contribution in [0.1, 0.15) is 17.7 Å². The summed E-state index contributed by atoms with van der Waals surface area (Å²) in [4.78, 5) is 15.7. The predicted octanol–water partition coefficient (Wildman–Crippen LogP) is 2.94. The van der Waals surface area contributed by atoms with Crippen LogP contribution in [0.4, 0.5) is 0 Å². The van der Waals surface area contributed by atoms with Crippen LogP contribution in [-0.2, 0) is 17.6 Å². The lowest BCUT2D eigenvalue weighted by atomic mass is 9.86. The maximum absolute atomic E-state index is 11.1. The van der Waals surface area contributed by atoms with Crippen molar-refractivity contribution < 1.29 is 9.90 Å². The molecule has 0 saturated carbocycles. The molecule has 0 saturated heterocycles. The minimum atomic E-state index is -0.711. The summed E-state index contributed by atoms with van der Waals surface area (Å²) in [7, 11) is 0. The summed E-state index contributed by atoms with van der Waals surface area (Å²) < 4.78 is 0. The molecule has 19 heavy (non-hydrogen) atoms. The van der Waals surface area contributed by atoms with Crippen molar-refractivity contribution in [2.24, 2.45) is 5.92 Å². The Balaban J connectivity index is 1.95. The average molecular weight is 253 g/mol. The normalized spacial score (nSPS) is 17.8. The third kappa shape index (κ3) is 2.36. The number of aliphatic carboxylic acids is 1. The summed E-state index contributed by atoms with van der Waals surface area (Å²) in [6.07, 6.45) is 2.08. The SMILES string of the molecule is O=C(O)C1CCc2ccc(-c3ccccc3)nc2C1. The first-order valence-corrected chi connectivity index (χ1v) is 6.51. The third-order valence-electron chi connectivity index (χ3n) is 3.69. The maximum Gasteiger partial charge on any atom is 0.306 e. The van der Waals surface area contributed by atoms with Crippen LogP contribution >= 0.6 is 0 Å². The summed E-state index contributed by atoms with van der Waals surface area (Å²) >= 11 is 0. The number of pyridine rings is 1. The second-order valence-corrected chi connectivity index (χ2v) is 4.95. The lowest BCUT2D eigenvalue weighted by molar-refractivity contribution is -0.142. The van der Waals surface area contributed by atoms with Crippen LogP contribution < -0.4 is 0 Å². The standard InChI is InChI=1S/C16H15NO2/c18-16(19)13-7-6-12-8-9-14(17-15(12)10-13)11-4-2-1-3-5-11/h1-5,8-9,13H,6-7,10H2,(H,18,19). The summed E-state index contributed by atoms with van der Waals surface area (Å²) in [5.41, 5.74) is 4.13. The highest BCUT2D eigenvalue weighted by Crippen LogP contribution is 2.27. The average Bonchev–Trinajstić information content (AvgIpc) is 2.47. The number of carboxylic acids is 1. The molecule has 96 valence electrons. The fourth-order valence-electron chi connectivity index (χ4n) is 2.58. The van der Waals surface area contributed by atoms with Crippen molar-refractivity contribution in [2.75, 3.05) is 0 Å². The molecule has 0 fully saturated rings. The number of nitrogens with zero attached hydrogens (tertiary/aromatic N) is 1. The van der Waals surface area contributed by atoms with Gasteiger partial charge in [0.1, 0.15) is 0 Å². The summed E-state index contributed by atoms with van der Waals surface area (Å²) in [5.74, 6) is -0.997. The van der Waals surface area contributed by atoms with Crippen molar-refractivity contribution >= 4 is 5.97 Å². The summed E-state index contributed by atoms with van der Waals surface area (Å²) in [6, 6.07) is 14.1. The van der Waals surface area contributed by atoms with Crippen LogP contribution in [0.15, 0.2) is 42.5 Å². The van der Waals surface area contributed by atoms with Crippen LogP contribution in [0.25, 0.3) is 11.3 Å². The molecule has 0 radical (unpaired) electrons. The van der Waals surface area contributed by atoms with E-state index in [-0.39, 0.29) is 5.92 Å². The first-order chi connectivity index (χ1) is 9.24. The van der Waals surface area contributed by atoms with E-state index in [1.54, 1.807) is 0 Å². The van der Waals surface area contributed by atoms with Crippen molar-refractivity contribution in [2.45, 2.75) is 19.3 Å². The predicted molar refractivity (Wildman–Crippen MR) is 72.8 cm³/mol. The van der Waals surface area contributed by atoms with E-state index in [9.17, 15) is 4.79 Å². The minimum Gasteiger partial charge on any atom is -0.481 e. The van der Waals surface area contributed by atoms with Gasteiger partial charge in [0, 0.05) is 17.7 Å². The molecule has 3 heteroatoms. The van der Waals surface area contributed by atoms with Gasteiger partial charge in [-0.3, -0.25) is 9.78 Å². The van der Waals surface area contributed by atoms with E-state index in [0.29, 0.717) is 12.8 Å². The molecule has 1 aliphatic rings. The van der Waals surface area contributed by atoms with Crippen LogP contribution in [-0.4, -0.2) is 16.1 Å². The van der Waals surface area contributed by atoms with Crippen molar-refractivity contribution in [3.63, 3.8) is 0 Å². The molecular formula is C16H15NO2. The zero-order valence-corrected chi connectivity index (χ0v) is 10.5. The Kier molecular flexibility index (Phi) is 3.03. The van der Waals surface area contributed by atoms with Crippen LogP contribution in [0, 0.1) is 5.92 Å². The van der Waals surface area contributed by atoms with Gasteiger partial charge in [0.05, 0.1) is 11.6 Å². The van der Waals surface area contributed by atoms with E-state index in [2.05, 4.69) is 11.1 Å². The number of aromatic nitrogens is 1. The zero-order valence-electron chi connectivity index (χ0n) is 10.5. The minimum absolute atomic E-state index is 0.286. The van der Waals surface area contributed by atoms with Gasteiger partial charge in [-0.25, -0.2) is 0 Å². The van der Waals surface area contributed by atoms with Gasteiger partial charge < -0.3 is 5.11 Å². The van der Waals surface area contributed by atoms with Gasteiger partial charge in [-0.2, -0.15) is 0 Å². The van der Waals surface area contributed by atoms with Gasteiger partial charge in [0.25, 0.3) is 0 Å². The molecule has 0 bridgehead atoms. The van der Waals surface area contributed by atoms with Gasteiger partial charge >= 0.3 is 5.97 Å². The largest absolute Gasteiger partial charge is 0.481 e. The van der Waals surface area contributed by atoms with Gasteiger partial charge in [-0.15, -0.1) is 0 Å². The van der Waals surface area contributed by atoms with E-state index < -0.39 is 5.97 Å². The smallest absolute Gasteiger partial charge is 0.306 e. The van der Waals surface area contributed by atoms with Gasteiger partial charge in [-0.05, 0) is 24.5 Å². The molecule has 0 spiro atoms. The molecule has 3 rings (SSSR count). The molecular weight excluding hydrogens is 238 g/mol. The molecule has 1 aromatic heterocycles. The molecule has 0 amide bonds. The maximum atomic E-state index is 11.1. The number of fused-ring (bicyclic) bond motifs is 1. The molecule has 1 unspecified atom stereocenters. The molecule has 1 aromatic carbocycles. The van der Waals surface area contributed by atoms with Crippen molar-refractivity contribution in [1.29, 1.82) is 0 Å².